The third-order valence-electron chi connectivity index (χ3n) is 4.77. The monoisotopic (exact) mass is 348 g/mol. The van der Waals surface area contributed by atoms with Gasteiger partial charge in [-0.25, -0.2) is 0 Å². The van der Waals surface area contributed by atoms with Crippen LogP contribution in [0.5, 0.6) is 0 Å². The number of benzene rings is 1. The number of pyridine rings is 1. The quantitative estimate of drug-likeness (QED) is 0.592. The van der Waals surface area contributed by atoms with Crippen molar-refractivity contribution in [3.05, 3.63) is 69.6 Å². The van der Waals surface area contributed by atoms with E-state index in [9.17, 15) is 4.79 Å². The van der Waals surface area contributed by atoms with Gasteiger partial charge in [-0.05, 0) is 44.0 Å². The third-order valence-corrected chi connectivity index (χ3v) is 4.77. The number of nitrogen functional groups attached to an aromatic ring is 1. The Kier molecular flexibility index (Phi) is 3.68. The van der Waals surface area contributed by atoms with E-state index in [0.29, 0.717) is 12.3 Å². The van der Waals surface area contributed by atoms with E-state index in [2.05, 4.69) is 17.1 Å². The van der Waals surface area contributed by atoms with Crippen molar-refractivity contribution in [2.75, 3.05) is 5.73 Å². The predicted molar refractivity (Wildman–Crippen MR) is 102 cm³/mol. The highest BCUT2D eigenvalue weighted by Gasteiger charge is 2.15. The van der Waals surface area contributed by atoms with E-state index < -0.39 is 0 Å². The van der Waals surface area contributed by atoms with Crippen LogP contribution in [0.25, 0.3) is 22.0 Å². The van der Waals surface area contributed by atoms with Crippen LogP contribution in [0.1, 0.15) is 22.6 Å². The fourth-order valence-corrected chi connectivity index (χ4v) is 3.57. The van der Waals surface area contributed by atoms with Crippen molar-refractivity contribution in [1.82, 2.24) is 14.7 Å². The molecule has 0 atom stereocenters. The van der Waals surface area contributed by atoms with Crippen molar-refractivity contribution >= 4 is 16.6 Å². The molecule has 3 heterocycles. The highest BCUT2D eigenvalue weighted by molar-refractivity contribution is 5.86. The summed E-state index contributed by atoms with van der Waals surface area (Å²) in [4.78, 5) is 15.9. The molecule has 4 aromatic rings. The fourth-order valence-electron chi connectivity index (χ4n) is 3.57. The number of rotatable bonds is 3. The molecule has 0 aliphatic heterocycles. The molecule has 4 rings (SSSR count). The maximum atomic E-state index is 12.6. The van der Waals surface area contributed by atoms with Gasteiger partial charge in [-0.15, -0.1) is 0 Å². The van der Waals surface area contributed by atoms with E-state index in [0.717, 1.165) is 38.9 Å². The van der Waals surface area contributed by atoms with Gasteiger partial charge in [-0.3, -0.25) is 4.79 Å². The number of hydrogen-bond acceptors (Lipinski definition) is 4. The van der Waals surface area contributed by atoms with Crippen LogP contribution in [-0.2, 0) is 6.54 Å². The van der Waals surface area contributed by atoms with Gasteiger partial charge in [0.05, 0.1) is 17.9 Å². The molecule has 0 bridgehead atoms. The van der Waals surface area contributed by atoms with E-state index in [1.807, 2.05) is 44.4 Å². The van der Waals surface area contributed by atoms with Crippen LogP contribution >= 0.6 is 0 Å². The zero-order valence-electron chi connectivity index (χ0n) is 15.0. The first-order valence-electron chi connectivity index (χ1n) is 8.44. The highest BCUT2D eigenvalue weighted by Crippen LogP contribution is 2.28. The number of aryl methyl sites for hydroxylation is 3. The summed E-state index contributed by atoms with van der Waals surface area (Å²) in [5.74, 6) is 0.704. The summed E-state index contributed by atoms with van der Waals surface area (Å²) in [5, 5.41) is 5.14. The first kappa shape index (κ1) is 16.2. The van der Waals surface area contributed by atoms with Crippen molar-refractivity contribution in [1.29, 1.82) is 0 Å². The second-order valence-corrected chi connectivity index (χ2v) is 6.63. The molecule has 0 unspecified atom stereocenters. The average molecular weight is 348 g/mol. The van der Waals surface area contributed by atoms with Gasteiger partial charge in [0.15, 0.2) is 0 Å². The van der Waals surface area contributed by atoms with E-state index in [1.54, 1.807) is 10.6 Å². The minimum Gasteiger partial charge on any atom is -0.394 e. The van der Waals surface area contributed by atoms with Crippen LogP contribution in [0.15, 0.2) is 46.0 Å². The standard InChI is InChI=1S/C20H20N4O2/c1-11-8-22-17-6-4-5-14(18(11)17)9-24-10-15(7-16(21)20(24)25)19-12(2)23-26-13(19)3/h4-8,10,22H,9,21H2,1-3H3. The van der Waals surface area contributed by atoms with Crippen molar-refractivity contribution in [3.8, 4) is 11.1 Å². The van der Waals surface area contributed by atoms with Crippen LogP contribution in [-0.4, -0.2) is 14.7 Å². The summed E-state index contributed by atoms with van der Waals surface area (Å²) in [7, 11) is 0. The molecule has 0 aliphatic rings. The lowest BCUT2D eigenvalue weighted by Crippen LogP contribution is -2.23. The number of anilines is 1. The highest BCUT2D eigenvalue weighted by atomic mass is 16.5. The van der Waals surface area contributed by atoms with Crippen LogP contribution in [0.3, 0.4) is 0 Å². The van der Waals surface area contributed by atoms with Gasteiger partial charge in [0.25, 0.3) is 5.56 Å². The molecule has 0 spiro atoms. The van der Waals surface area contributed by atoms with Crippen molar-refractivity contribution in [2.24, 2.45) is 0 Å². The van der Waals surface area contributed by atoms with Crippen molar-refractivity contribution < 1.29 is 4.52 Å². The molecule has 0 saturated carbocycles. The molecule has 132 valence electrons. The number of aromatic amines is 1. The Balaban J connectivity index is 1.87. The van der Waals surface area contributed by atoms with Gasteiger partial charge in [-0.2, -0.15) is 0 Å². The number of aromatic nitrogens is 3. The van der Waals surface area contributed by atoms with Gasteiger partial charge >= 0.3 is 0 Å². The Morgan fingerprint density at radius 1 is 1.27 bits per heavy atom. The largest absolute Gasteiger partial charge is 0.394 e. The zero-order valence-corrected chi connectivity index (χ0v) is 15.0. The lowest BCUT2D eigenvalue weighted by atomic mass is 10.0. The zero-order chi connectivity index (χ0) is 18.4. The van der Waals surface area contributed by atoms with Gasteiger partial charge in [0, 0.05) is 34.4 Å². The second-order valence-electron chi connectivity index (χ2n) is 6.63. The molecule has 3 aromatic heterocycles. The molecule has 0 aliphatic carbocycles. The van der Waals surface area contributed by atoms with Gasteiger partial charge in [0.1, 0.15) is 5.76 Å². The Bertz CT molecular complexity index is 1160. The van der Waals surface area contributed by atoms with Crippen LogP contribution < -0.4 is 11.3 Å². The molecular weight excluding hydrogens is 328 g/mol. The summed E-state index contributed by atoms with van der Waals surface area (Å²) in [6, 6.07) is 7.74. The summed E-state index contributed by atoms with van der Waals surface area (Å²) >= 11 is 0. The van der Waals surface area contributed by atoms with Crippen molar-refractivity contribution in [3.63, 3.8) is 0 Å². The fraction of sp³-hybridized carbons (Fsp3) is 0.200. The molecule has 0 saturated heterocycles. The van der Waals surface area contributed by atoms with Gasteiger partial charge in [0.2, 0.25) is 0 Å². The third kappa shape index (κ3) is 2.50. The maximum absolute atomic E-state index is 12.6. The number of nitrogens with zero attached hydrogens (tertiary/aromatic N) is 2. The molecule has 3 N–H and O–H groups in total. The molecule has 0 fully saturated rings. The molecule has 26 heavy (non-hydrogen) atoms. The van der Waals surface area contributed by atoms with Crippen molar-refractivity contribution in [2.45, 2.75) is 27.3 Å². The molecule has 6 heteroatoms. The van der Waals surface area contributed by atoms with Crippen LogP contribution in [0.2, 0.25) is 0 Å². The van der Waals surface area contributed by atoms with Gasteiger partial charge in [-0.1, -0.05) is 17.3 Å². The first-order chi connectivity index (χ1) is 12.5. The van der Waals surface area contributed by atoms with Crippen LogP contribution in [0, 0.1) is 20.8 Å². The SMILES string of the molecule is Cc1noc(C)c1-c1cc(N)c(=O)n(Cc2cccc3[nH]cc(C)c23)c1. The number of nitrogens with two attached hydrogens (primary N) is 1. The predicted octanol–water partition coefficient (Wildman–Crippen LogP) is 3.54. The van der Waals surface area contributed by atoms with Crippen LogP contribution in [0.4, 0.5) is 5.69 Å². The van der Waals surface area contributed by atoms with E-state index in [-0.39, 0.29) is 11.2 Å². The molecule has 0 radical (unpaired) electrons. The smallest absolute Gasteiger partial charge is 0.274 e. The Labute approximate surface area is 150 Å². The number of H-pyrrole nitrogens is 1. The minimum absolute atomic E-state index is 0.203. The Morgan fingerprint density at radius 2 is 2.08 bits per heavy atom. The van der Waals surface area contributed by atoms with E-state index in [1.165, 1.54) is 0 Å². The summed E-state index contributed by atoms with van der Waals surface area (Å²) in [6.45, 7) is 6.22. The summed E-state index contributed by atoms with van der Waals surface area (Å²) in [5.41, 5.74) is 11.8. The first-order valence-corrected chi connectivity index (χ1v) is 8.44. The average Bonchev–Trinajstić information content (AvgIpc) is 3.15. The Hall–Kier alpha value is -3.28. The second kappa shape index (κ2) is 5.91. The van der Waals surface area contributed by atoms with E-state index >= 15 is 0 Å². The Morgan fingerprint density at radius 3 is 2.81 bits per heavy atom. The molecule has 0 amide bonds. The normalized spacial score (nSPS) is 11.3. The van der Waals surface area contributed by atoms with E-state index in [4.69, 9.17) is 10.3 Å². The number of fused-ring (bicyclic) bond motifs is 1. The van der Waals surface area contributed by atoms with Gasteiger partial charge < -0.3 is 19.8 Å². The number of nitrogens with one attached hydrogen (secondary N) is 1. The minimum atomic E-state index is -0.203. The molecule has 6 nitrogen and oxygen atoms in total. The summed E-state index contributed by atoms with van der Waals surface area (Å²) in [6.07, 6.45) is 3.80. The summed E-state index contributed by atoms with van der Waals surface area (Å²) < 4.78 is 6.91. The lowest BCUT2D eigenvalue weighted by Gasteiger charge is -2.12. The number of hydrogen-bond donors (Lipinski definition) is 2. The maximum Gasteiger partial charge on any atom is 0.274 e. The lowest BCUT2D eigenvalue weighted by molar-refractivity contribution is 0.393. The molecule has 1 aromatic carbocycles. The topological polar surface area (TPSA) is 89.8 Å². The molecular formula is C20H20N4O2.